The smallest absolute Gasteiger partial charge is 0.253 e. The van der Waals surface area contributed by atoms with Gasteiger partial charge in [-0.15, -0.1) is 0 Å². The normalized spacial score (nSPS) is 28.8. The Bertz CT molecular complexity index is 736. The third-order valence-electron chi connectivity index (χ3n) is 6.10. The number of hydrogen-bond donors (Lipinski definition) is 1. The Morgan fingerprint density at radius 3 is 2.44 bits per heavy atom. The number of halogens is 1. The zero-order valence-corrected chi connectivity index (χ0v) is 16.4. The van der Waals surface area contributed by atoms with E-state index in [2.05, 4.69) is 4.90 Å². The Hall–Kier alpha value is -1.63. The van der Waals surface area contributed by atoms with Crippen LogP contribution in [0.2, 0.25) is 5.02 Å². The predicted octanol–water partition coefficient (Wildman–Crippen LogP) is 1.47. The topological polar surface area (TPSA) is 64.1 Å². The van der Waals surface area contributed by atoms with Crippen LogP contribution >= 0.6 is 11.6 Å². The first-order valence-electron chi connectivity index (χ1n) is 9.62. The number of fused-ring (bicyclic) bond motifs is 1. The number of benzene rings is 1. The largest absolute Gasteiger partial charge is 0.394 e. The Balaban J connectivity index is 1.53. The lowest BCUT2D eigenvalue weighted by Gasteiger charge is -2.56. The fourth-order valence-corrected chi connectivity index (χ4v) is 4.53. The highest BCUT2D eigenvalue weighted by molar-refractivity contribution is 6.30. The highest BCUT2D eigenvalue weighted by Crippen LogP contribution is 2.34. The van der Waals surface area contributed by atoms with Gasteiger partial charge in [-0.05, 0) is 44.0 Å². The number of rotatable bonds is 3. The average molecular weight is 392 g/mol. The van der Waals surface area contributed by atoms with E-state index in [0.717, 1.165) is 19.4 Å². The molecule has 2 unspecified atom stereocenters. The maximum Gasteiger partial charge on any atom is 0.253 e. The van der Waals surface area contributed by atoms with Crippen LogP contribution in [0, 0.1) is 5.92 Å². The van der Waals surface area contributed by atoms with Crippen molar-refractivity contribution in [1.82, 2.24) is 14.7 Å². The molecular weight excluding hydrogens is 366 g/mol. The molecule has 7 heteroatoms. The first-order chi connectivity index (χ1) is 12.9. The summed E-state index contributed by atoms with van der Waals surface area (Å²) >= 11 is 5.94. The molecule has 146 valence electrons. The third kappa shape index (κ3) is 3.58. The Morgan fingerprint density at radius 2 is 1.81 bits per heavy atom. The first kappa shape index (κ1) is 18.7. The van der Waals surface area contributed by atoms with Gasteiger partial charge in [0.05, 0.1) is 12.1 Å². The van der Waals surface area contributed by atoms with Crippen molar-refractivity contribution in [2.75, 3.05) is 39.3 Å². The Kier molecular flexibility index (Phi) is 4.91. The number of hydrogen-bond acceptors (Lipinski definition) is 4. The number of carbonyl (C=O) groups excluding carboxylic acids is 2. The molecule has 1 saturated carbocycles. The van der Waals surface area contributed by atoms with E-state index in [4.69, 9.17) is 11.6 Å². The fourth-order valence-electron chi connectivity index (χ4n) is 4.40. The van der Waals surface area contributed by atoms with Gasteiger partial charge in [0.15, 0.2) is 0 Å². The standard InChI is InChI=1S/C20H26ClN3O3/c1-20(13-25)12-23(19(27)15-4-6-16(21)7-5-15)11-17-10-22(8-9-24(17)20)18(26)14-2-3-14/h4-7,14,17,25H,2-3,8-13H2,1H3. The van der Waals surface area contributed by atoms with E-state index in [1.54, 1.807) is 24.3 Å². The second-order valence-corrected chi connectivity index (χ2v) is 8.69. The van der Waals surface area contributed by atoms with E-state index in [1.807, 2.05) is 16.7 Å². The molecular formula is C20H26ClN3O3. The minimum absolute atomic E-state index is 0.0233. The van der Waals surface area contributed by atoms with Crippen LogP contribution in [-0.4, -0.2) is 82.5 Å². The molecule has 4 rings (SSSR count). The molecule has 1 aliphatic carbocycles. The lowest BCUT2D eigenvalue weighted by Crippen LogP contribution is -2.72. The van der Waals surface area contributed by atoms with E-state index < -0.39 is 5.54 Å². The number of carbonyl (C=O) groups is 2. The minimum atomic E-state index is -0.500. The molecule has 1 N–H and O–H groups in total. The number of aliphatic hydroxyl groups excluding tert-OH is 1. The minimum Gasteiger partial charge on any atom is -0.394 e. The fraction of sp³-hybridized carbons (Fsp3) is 0.600. The van der Waals surface area contributed by atoms with Gasteiger partial charge in [0.2, 0.25) is 5.91 Å². The summed E-state index contributed by atoms with van der Waals surface area (Å²) in [6, 6.07) is 6.94. The van der Waals surface area contributed by atoms with E-state index in [9.17, 15) is 14.7 Å². The molecule has 27 heavy (non-hydrogen) atoms. The quantitative estimate of drug-likeness (QED) is 0.847. The van der Waals surface area contributed by atoms with Crippen molar-refractivity contribution < 1.29 is 14.7 Å². The van der Waals surface area contributed by atoms with Crippen molar-refractivity contribution in [2.45, 2.75) is 31.3 Å². The lowest BCUT2D eigenvalue weighted by molar-refractivity contribution is -0.141. The van der Waals surface area contributed by atoms with Gasteiger partial charge in [0, 0.05) is 55.3 Å². The summed E-state index contributed by atoms with van der Waals surface area (Å²) in [5.41, 5.74) is 0.0922. The van der Waals surface area contributed by atoms with Gasteiger partial charge < -0.3 is 14.9 Å². The van der Waals surface area contributed by atoms with Crippen molar-refractivity contribution in [3.05, 3.63) is 34.9 Å². The molecule has 0 bridgehead atoms. The molecule has 3 fully saturated rings. The molecule has 1 aromatic carbocycles. The molecule has 2 saturated heterocycles. The van der Waals surface area contributed by atoms with Crippen molar-refractivity contribution in [3.8, 4) is 0 Å². The van der Waals surface area contributed by atoms with E-state index >= 15 is 0 Å². The average Bonchev–Trinajstić information content (AvgIpc) is 3.52. The highest BCUT2D eigenvalue weighted by Gasteiger charge is 2.47. The first-order valence-corrected chi connectivity index (χ1v) is 10.0. The Morgan fingerprint density at radius 1 is 1.15 bits per heavy atom. The van der Waals surface area contributed by atoms with Gasteiger partial charge in [0.1, 0.15) is 0 Å². The van der Waals surface area contributed by atoms with Crippen LogP contribution in [0.5, 0.6) is 0 Å². The molecule has 2 amide bonds. The van der Waals surface area contributed by atoms with Gasteiger partial charge in [-0.1, -0.05) is 11.6 Å². The molecule has 3 aliphatic rings. The molecule has 0 radical (unpaired) electrons. The molecule has 6 nitrogen and oxygen atoms in total. The maximum absolute atomic E-state index is 13.0. The second-order valence-electron chi connectivity index (χ2n) is 8.25. The molecule has 0 spiro atoms. The summed E-state index contributed by atoms with van der Waals surface area (Å²) < 4.78 is 0. The zero-order chi connectivity index (χ0) is 19.2. The van der Waals surface area contributed by atoms with E-state index in [-0.39, 0.29) is 30.4 Å². The van der Waals surface area contributed by atoms with E-state index in [1.165, 1.54) is 0 Å². The van der Waals surface area contributed by atoms with Crippen LogP contribution in [-0.2, 0) is 4.79 Å². The van der Waals surface area contributed by atoms with Gasteiger partial charge in [-0.25, -0.2) is 0 Å². The van der Waals surface area contributed by atoms with Gasteiger partial charge >= 0.3 is 0 Å². The van der Waals surface area contributed by atoms with Gasteiger partial charge in [-0.3, -0.25) is 14.5 Å². The molecule has 1 aromatic rings. The Labute approximate surface area is 164 Å². The zero-order valence-electron chi connectivity index (χ0n) is 15.6. The summed E-state index contributed by atoms with van der Waals surface area (Å²) in [4.78, 5) is 31.6. The number of nitrogens with zero attached hydrogens (tertiary/aromatic N) is 3. The summed E-state index contributed by atoms with van der Waals surface area (Å²) in [6.07, 6.45) is 2.00. The summed E-state index contributed by atoms with van der Waals surface area (Å²) in [5.74, 6) is 0.398. The summed E-state index contributed by atoms with van der Waals surface area (Å²) in [5, 5.41) is 10.7. The van der Waals surface area contributed by atoms with Crippen LogP contribution in [0.4, 0.5) is 0 Å². The van der Waals surface area contributed by atoms with Crippen LogP contribution < -0.4 is 0 Å². The van der Waals surface area contributed by atoms with Crippen LogP contribution in [0.25, 0.3) is 0 Å². The monoisotopic (exact) mass is 391 g/mol. The van der Waals surface area contributed by atoms with E-state index in [0.29, 0.717) is 36.8 Å². The van der Waals surface area contributed by atoms with Gasteiger partial charge in [-0.2, -0.15) is 0 Å². The van der Waals surface area contributed by atoms with Crippen molar-refractivity contribution >= 4 is 23.4 Å². The van der Waals surface area contributed by atoms with Crippen LogP contribution in [0.3, 0.4) is 0 Å². The third-order valence-corrected chi connectivity index (χ3v) is 6.35. The van der Waals surface area contributed by atoms with Crippen LogP contribution in [0.15, 0.2) is 24.3 Å². The maximum atomic E-state index is 13.0. The summed E-state index contributed by atoms with van der Waals surface area (Å²) in [7, 11) is 0. The summed E-state index contributed by atoms with van der Waals surface area (Å²) in [6.45, 7) is 5.07. The lowest BCUT2D eigenvalue weighted by atomic mass is 9.91. The highest BCUT2D eigenvalue weighted by atomic mass is 35.5. The predicted molar refractivity (Wildman–Crippen MR) is 103 cm³/mol. The van der Waals surface area contributed by atoms with Crippen LogP contribution in [0.1, 0.15) is 30.1 Å². The molecule has 0 aromatic heterocycles. The van der Waals surface area contributed by atoms with Crippen molar-refractivity contribution in [1.29, 1.82) is 0 Å². The molecule has 2 atom stereocenters. The van der Waals surface area contributed by atoms with Crippen molar-refractivity contribution in [3.63, 3.8) is 0 Å². The van der Waals surface area contributed by atoms with Gasteiger partial charge in [0.25, 0.3) is 5.91 Å². The van der Waals surface area contributed by atoms with Crippen molar-refractivity contribution in [2.24, 2.45) is 5.92 Å². The SMILES string of the molecule is CC1(CO)CN(C(=O)c2ccc(Cl)cc2)CC2CN(C(=O)C3CC3)CCN21. The molecule has 2 heterocycles. The number of aliphatic hydroxyl groups is 1. The second kappa shape index (κ2) is 7.08. The number of amides is 2. The molecule has 2 aliphatic heterocycles. The number of piperazine rings is 2.